The molecule has 0 saturated heterocycles. The number of aromatic nitrogens is 3. The minimum atomic E-state index is -1.56. The Hall–Kier alpha value is -3.23. The Labute approximate surface area is 174 Å². The molecule has 0 saturated carbocycles. The topological polar surface area (TPSA) is 83.2 Å². The first-order valence-corrected chi connectivity index (χ1v) is 9.66. The van der Waals surface area contributed by atoms with E-state index in [0.717, 1.165) is 33.4 Å². The number of anilines is 1. The van der Waals surface area contributed by atoms with Gasteiger partial charge in [-0.15, -0.1) is 0 Å². The second-order valence-corrected chi connectivity index (χ2v) is 7.34. The first-order valence-electron chi connectivity index (χ1n) is 9.66. The van der Waals surface area contributed by atoms with Crippen molar-refractivity contribution in [1.29, 1.82) is 0 Å². The van der Waals surface area contributed by atoms with E-state index in [1.807, 2.05) is 43.5 Å². The van der Waals surface area contributed by atoms with E-state index in [0.29, 0.717) is 23.8 Å². The fourth-order valence-electron chi connectivity index (χ4n) is 3.60. The summed E-state index contributed by atoms with van der Waals surface area (Å²) in [4.78, 5) is 9.38. The van der Waals surface area contributed by atoms with Crippen LogP contribution in [0.3, 0.4) is 0 Å². The van der Waals surface area contributed by atoms with Crippen LogP contribution in [-0.2, 0) is 6.54 Å². The minimum absolute atomic E-state index is 0.276. The van der Waals surface area contributed by atoms with E-state index in [2.05, 4.69) is 10.3 Å². The third kappa shape index (κ3) is 3.67. The van der Waals surface area contributed by atoms with Gasteiger partial charge in [-0.2, -0.15) is 4.98 Å². The number of rotatable bonds is 5. The highest BCUT2D eigenvalue weighted by Crippen LogP contribution is 2.24. The lowest BCUT2D eigenvalue weighted by Crippen LogP contribution is -2.30. The van der Waals surface area contributed by atoms with Crippen molar-refractivity contribution in [1.82, 2.24) is 14.5 Å². The molecule has 0 aliphatic carbocycles. The molecule has 0 atom stereocenters. The van der Waals surface area contributed by atoms with Crippen LogP contribution in [0.5, 0.6) is 0 Å². The Morgan fingerprint density at radius 2 is 1.80 bits per heavy atom. The van der Waals surface area contributed by atoms with E-state index in [-0.39, 0.29) is 5.82 Å². The smallest absolute Gasteiger partial charge is 0.423 e. The van der Waals surface area contributed by atoms with Gasteiger partial charge >= 0.3 is 7.12 Å². The number of aryl methyl sites for hydroxylation is 2. The van der Waals surface area contributed by atoms with Gasteiger partial charge in [-0.1, -0.05) is 24.3 Å². The number of fused-ring (bicyclic) bond motifs is 1. The van der Waals surface area contributed by atoms with Crippen LogP contribution in [0.2, 0.25) is 0 Å². The van der Waals surface area contributed by atoms with Crippen LogP contribution in [0.1, 0.15) is 22.5 Å². The fraction of sp³-hybridized carbons (Fsp3) is 0.182. The van der Waals surface area contributed by atoms with Crippen molar-refractivity contribution >= 4 is 29.3 Å². The lowest BCUT2D eigenvalue weighted by Gasteiger charge is -2.14. The van der Waals surface area contributed by atoms with Gasteiger partial charge in [0.2, 0.25) is 5.95 Å². The van der Waals surface area contributed by atoms with Gasteiger partial charge in [0, 0.05) is 28.9 Å². The first kappa shape index (κ1) is 20.1. The summed E-state index contributed by atoms with van der Waals surface area (Å²) in [7, 11) is -1.56. The zero-order valence-electron chi connectivity index (χ0n) is 17.0. The molecule has 4 aromatic rings. The zero-order chi connectivity index (χ0) is 21.4. The van der Waals surface area contributed by atoms with Crippen LogP contribution >= 0.6 is 0 Å². The number of hydrogen-bond acceptors (Lipinski definition) is 5. The summed E-state index contributed by atoms with van der Waals surface area (Å²) in [5.41, 5.74) is 4.64. The average molecular weight is 404 g/mol. The second kappa shape index (κ2) is 7.89. The number of benzene rings is 2. The van der Waals surface area contributed by atoms with Gasteiger partial charge in [-0.3, -0.25) is 4.57 Å². The molecule has 2 heterocycles. The summed E-state index contributed by atoms with van der Waals surface area (Å²) in [6, 6.07) is 13.7. The molecule has 6 nitrogen and oxygen atoms in total. The molecular formula is C22H22BFN4O2. The third-order valence-corrected chi connectivity index (χ3v) is 5.27. The van der Waals surface area contributed by atoms with Crippen molar-refractivity contribution < 1.29 is 14.4 Å². The van der Waals surface area contributed by atoms with E-state index in [1.165, 1.54) is 12.1 Å². The maximum absolute atomic E-state index is 13.5. The number of hydrogen-bond donors (Lipinski definition) is 3. The van der Waals surface area contributed by atoms with Crippen LogP contribution in [0.4, 0.5) is 10.2 Å². The molecule has 3 N–H and O–H groups in total. The van der Waals surface area contributed by atoms with Crippen molar-refractivity contribution in [3.05, 3.63) is 76.9 Å². The van der Waals surface area contributed by atoms with Gasteiger partial charge in [-0.05, 0) is 56.1 Å². The van der Waals surface area contributed by atoms with Crippen LogP contribution < -0.4 is 10.8 Å². The molecule has 0 unspecified atom stereocenters. The van der Waals surface area contributed by atoms with Crippen molar-refractivity contribution in [2.24, 2.45) is 0 Å². The molecule has 152 valence electrons. The zero-order valence-corrected chi connectivity index (χ0v) is 17.0. The van der Waals surface area contributed by atoms with E-state index in [1.54, 1.807) is 18.2 Å². The lowest BCUT2D eigenvalue weighted by atomic mass is 9.78. The lowest BCUT2D eigenvalue weighted by molar-refractivity contribution is 0.426. The Morgan fingerprint density at radius 1 is 1.03 bits per heavy atom. The maximum atomic E-state index is 13.5. The molecule has 4 rings (SSSR count). The summed E-state index contributed by atoms with van der Waals surface area (Å²) < 4.78 is 15.4. The summed E-state index contributed by atoms with van der Waals surface area (Å²) >= 11 is 0. The summed E-state index contributed by atoms with van der Waals surface area (Å²) in [6.07, 6.45) is 0. The first-order chi connectivity index (χ1) is 14.3. The normalized spacial score (nSPS) is 11.1. The SMILES string of the molecule is Cc1nc(-n2c(C)cc3c(B(O)O)cccc32)nc(NCc2cccc(F)c2)c1C. The number of nitrogens with zero attached hydrogens (tertiary/aromatic N) is 3. The minimum Gasteiger partial charge on any atom is -0.423 e. The highest BCUT2D eigenvalue weighted by Gasteiger charge is 2.20. The molecule has 30 heavy (non-hydrogen) atoms. The van der Waals surface area contributed by atoms with Gasteiger partial charge in [0.05, 0.1) is 5.52 Å². The summed E-state index contributed by atoms with van der Waals surface area (Å²) in [5, 5.41) is 23.4. The Bertz CT molecular complexity index is 1240. The predicted octanol–water partition coefficient (Wildman–Crippen LogP) is 2.78. The second-order valence-electron chi connectivity index (χ2n) is 7.34. The van der Waals surface area contributed by atoms with Crippen molar-refractivity contribution in [2.75, 3.05) is 5.32 Å². The molecule has 0 bridgehead atoms. The molecule has 8 heteroatoms. The molecule has 0 fully saturated rings. The standard InChI is InChI=1S/C22H22BFN4O2/c1-13-10-18-19(23(29)30)8-5-9-20(18)28(13)22-26-15(3)14(2)21(27-22)25-12-16-6-4-7-17(24)11-16/h4-11,29-30H,12H2,1-3H3,(H,25,26,27). The van der Waals surface area contributed by atoms with E-state index in [4.69, 9.17) is 4.98 Å². The predicted molar refractivity (Wildman–Crippen MR) is 117 cm³/mol. The Balaban J connectivity index is 1.77. The van der Waals surface area contributed by atoms with Crippen LogP contribution in [0, 0.1) is 26.6 Å². The van der Waals surface area contributed by atoms with Crippen LogP contribution in [0.25, 0.3) is 16.9 Å². The Morgan fingerprint density at radius 3 is 2.53 bits per heavy atom. The van der Waals surface area contributed by atoms with E-state index >= 15 is 0 Å². The van der Waals surface area contributed by atoms with Crippen molar-refractivity contribution in [3.63, 3.8) is 0 Å². The molecule has 2 aromatic heterocycles. The van der Waals surface area contributed by atoms with Gasteiger partial charge in [0.15, 0.2) is 0 Å². The molecule has 0 aliphatic heterocycles. The number of halogens is 1. The molecule has 0 amide bonds. The monoisotopic (exact) mass is 404 g/mol. The molecular weight excluding hydrogens is 382 g/mol. The molecule has 2 aromatic carbocycles. The van der Waals surface area contributed by atoms with Crippen LogP contribution in [0.15, 0.2) is 48.5 Å². The van der Waals surface area contributed by atoms with Gasteiger partial charge in [0.1, 0.15) is 11.6 Å². The number of nitrogens with one attached hydrogen (secondary N) is 1. The fourth-order valence-corrected chi connectivity index (χ4v) is 3.60. The maximum Gasteiger partial charge on any atom is 0.489 e. The molecule has 0 aliphatic rings. The van der Waals surface area contributed by atoms with Gasteiger partial charge in [-0.25, -0.2) is 9.37 Å². The van der Waals surface area contributed by atoms with Crippen molar-refractivity contribution in [3.8, 4) is 5.95 Å². The average Bonchev–Trinajstić information content (AvgIpc) is 3.04. The summed E-state index contributed by atoms with van der Waals surface area (Å²) in [5.74, 6) is 0.875. The largest absolute Gasteiger partial charge is 0.489 e. The highest BCUT2D eigenvalue weighted by molar-refractivity contribution is 6.61. The molecule has 0 radical (unpaired) electrons. The van der Waals surface area contributed by atoms with Crippen molar-refractivity contribution in [2.45, 2.75) is 27.3 Å². The molecule has 0 spiro atoms. The van der Waals surface area contributed by atoms with E-state index in [9.17, 15) is 14.4 Å². The summed E-state index contributed by atoms with van der Waals surface area (Å²) in [6.45, 7) is 6.21. The van der Waals surface area contributed by atoms with Gasteiger partial charge in [0.25, 0.3) is 0 Å². The van der Waals surface area contributed by atoms with Crippen LogP contribution in [-0.4, -0.2) is 31.7 Å². The van der Waals surface area contributed by atoms with E-state index < -0.39 is 7.12 Å². The Kier molecular flexibility index (Phi) is 5.28. The third-order valence-electron chi connectivity index (χ3n) is 5.27. The highest BCUT2D eigenvalue weighted by atomic mass is 19.1. The quantitative estimate of drug-likeness (QED) is 0.446. The van der Waals surface area contributed by atoms with Gasteiger partial charge < -0.3 is 15.4 Å².